The van der Waals surface area contributed by atoms with Gasteiger partial charge in [-0.05, 0) is 98.8 Å². The first kappa shape index (κ1) is 108. The highest BCUT2D eigenvalue weighted by Gasteiger charge is 2.43. The average molecular weight is 1820 g/mol. The number of carboxylic acids is 4. The number of nitrogens with one attached hydrogen (secondary N) is 15. The van der Waals surface area contributed by atoms with Crippen molar-refractivity contribution in [2.75, 3.05) is 38.2 Å². The number of primary amides is 1. The molecule has 0 unspecified atom stereocenters. The van der Waals surface area contributed by atoms with Gasteiger partial charge in [-0.2, -0.15) is 11.8 Å². The van der Waals surface area contributed by atoms with Gasteiger partial charge in [-0.25, -0.2) is 9.78 Å². The largest absolute Gasteiger partial charge is 0.508 e. The molecular formula is C78H122N22O26S. The van der Waals surface area contributed by atoms with Crippen LogP contribution in [0.5, 0.6) is 5.75 Å². The van der Waals surface area contributed by atoms with E-state index < -0.39 is 285 Å². The number of aromatic hydroxyl groups is 1. The number of thioether (sulfide) groups is 1. The van der Waals surface area contributed by atoms with Gasteiger partial charge in [0.05, 0.1) is 50.5 Å². The van der Waals surface area contributed by atoms with Gasteiger partial charge < -0.3 is 138 Å². The summed E-state index contributed by atoms with van der Waals surface area (Å²) < 4.78 is 0. The van der Waals surface area contributed by atoms with Gasteiger partial charge in [-0.15, -0.1) is 0 Å². The molecule has 0 aliphatic carbocycles. The molecule has 2 heterocycles. The first-order chi connectivity index (χ1) is 59.7. The number of aliphatic hydroxyl groups excluding tert-OH is 1. The highest BCUT2D eigenvalue weighted by Crippen LogP contribution is 2.22. The maximum Gasteiger partial charge on any atom is 0.326 e. The van der Waals surface area contributed by atoms with E-state index in [9.17, 15) is 127 Å². The van der Waals surface area contributed by atoms with E-state index in [2.05, 4.69) is 89.4 Å². The second-order valence-corrected chi connectivity index (χ2v) is 32.2. The average Bonchev–Trinajstić information content (AvgIpc) is 1.51. The number of aromatic amines is 1. The van der Waals surface area contributed by atoms with Crippen LogP contribution >= 0.6 is 11.8 Å². The van der Waals surface area contributed by atoms with Crippen molar-refractivity contribution in [3.63, 3.8) is 0 Å². The Morgan fingerprint density at radius 2 is 1.02 bits per heavy atom. The molecule has 2 aromatic rings. The topological polar surface area (TPSA) is 780 Å². The summed E-state index contributed by atoms with van der Waals surface area (Å²) in [4.78, 5) is 283. The van der Waals surface area contributed by atoms with Crippen LogP contribution in [0.3, 0.4) is 0 Å². The van der Waals surface area contributed by atoms with Crippen LogP contribution in [0.4, 0.5) is 0 Å². The number of carbonyl (C=O) groups is 20. The monoisotopic (exact) mass is 1810 g/mol. The Bertz CT molecular complexity index is 4190. The molecule has 1 aliphatic rings. The molecule has 1 aromatic heterocycles. The van der Waals surface area contributed by atoms with Gasteiger partial charge >= 0.3 is 23.9 Å². The highest BCUT2D eigenvalue weighted by atomic mass is 32.2. The minimum Gasteiger partial charge on any atom is -0.508 e. The Morgan fingerprint density at radius 3 is 1.54 bits per heavy atom. The Kier molecular flexibility index (Phi) is 46.2. The fourth-order valence-corrected chi connectivity index (χ4v) is 13.2. The number of amides is 16. The molecule has 0 spiro atoms. The number of rotatable bonds is 57. The van der Waals surface area contributed by atoms with Crippen molar-refractivity contribution in [2.24, 2.45) is 51.6 Å². The summed E-state index contributed by atoms with van der Waals surface area (Å²) in [5, 5.41) is 93.1. The minimum absolute atomic E-state index is 0.0348. The zero-order valence-corrected chi connectivity index (χ0v) is 73.1. The van der Waals surface area contributed by atoms with Crippen LogP contribution in [0.15, 0.2) is 41.8 Å². The van der Waals surface area contributed by atoms with Crippen LogP contribution < -0.4 is 97.4 Å². The van der Waals surface area contributed by atoms with E-state index in [1.807, 2.05) is 6.92 Å². The summed E-state index contributed by atoms with van der Waals surface area (Å²) in [6.07, 6.45) is -0.480. The number of hydrogen-bond donors (Lipinski definition) is 25. The molecule has 48 nitrogen and oxygen atoms in total. The molecule has 29 N–H and O–H groups in total. The SMILES string of the molecule is CC[C@H](C)[C@H](N)C(=O)N[C@@H](CCSC)C(=O)N[C@@H](CC(=O)O)C(=O)N1CCC[C@H]1C(=O)N[C@@H](CC(N)=O)C(=O)N[C@H](C(=O)N[C@H](C(=O)NCC(=O)N[C@@H](CO)C(=O)N[C@@H](CCC(=O)O)C(=O)N[C@@H](Cc1c[nH]cn1)C(=O)N[C@@H](Cc1ccc(O)cc1)C(=O)N[C@@H](CC(=O)O)C(=O)N[C@H](C(=O)N[C@@H](C)C(=O)N[C@@H](CCCN=C(N)N)C(=O)O)C(C)C)C(C)C)[C@@H](C)CC. The molecule has 3 rings (SSSR count). The lowest BCUT2D eigenvalue weighted by atomic mass is 9.96. The van der Waals surface area contributed by atoms with E-state index >= 15 is 0 Å². The number of aliphatic carboxylic acids is 4. The lowest BCUT2D eigenvalue weighted by Crippen LogP contribution is -2.61. The molecule has 0 saturated carbocycles. The standard InChI is InChI=1S/C78H122N22O26S/c1-11-38(7)59(80)72(120)90-45(23-26-127-10)65(113)96-51(31-58(109)110)76(124)100-25-14-16-53(100)71(119)95-49(29-54(79)103)68(116)99-62(39(8)12-2)75(123)98-60(36(3)4)73(121)85-33-55(104)88-52(34-101)70(118)89-44(21-22-56(105)106)64(112)93-48(28-42-32-83-35-86-42)67(115)92-47(27-41-17-19-43(102)20-18-41)66(114)94-50(30-57(107)108)69(117)97-61(37(5)6)74(122)87-40(9)63(111)91-46(77(125)126)15-13-24-84-78(81)82/h17-20,32,35-40,44-53,59-62,101-102H,11-16,21-31,33-34,80H2,1-10H3,(H2,79,103)(H,83,86)(H,85,121)(H,87,122)(H,88,104)(H,89,118)(H,90,120)(H,91,111)(H,92,115)(H,93,112)(H,94,114)(H,95,119)(H,96,113)(H,97,117)(H,98,123)(H,99,116)(H,105,106)(H,107,108)(H,109,110)(H,125,126)(H4,81,82,84)/t38-,39-,40-,44-,45-,46-,47-,48-,49-,50-,51-,52-,53-,59-,60-,61-,62-/m0/s1. The van der Waals surface area contributed by atoms with Gasteiger partial charge in [0, 0.05) is 38.5 Å². The maximum atomic E-state index is 14.7. The number of aliphatic imine (C=N–C) groups is 1. The molecular weight excluding hydrogens is 1690 g/mol. The molecule has 706 valence electrons. The highest BCUT2D eigenvalue weighted by molar-refractivity contribution is 7.98. The summed E-state index contributed by atoms with van der Waals surface area (Å²) in [5.74, 6) is -26.3. The number of phenolic OH excluding ortho intramolecular Hbond substituents is 1. The van der Waals surface area contributed by atoms with Crippen LogP contribution in [0.1, 0.15) is 151 Å². The summed E-state index contributed by atoms with van der Waals surface area (Å²) in [5.41, 5.74) is 22.6. The number of benzene rings is 1. The number of nitrogens with zero attached hydrogens (tertiary/aromatic N) is 3. The summed E-state index contributed by atoms with van der Waals surface area (Å²) in [6, 6.07) is -19.3. The summed E-state index contributed by atoms with van der Waals surface area (Å²) in [7, 11) is 0. The van der Waals surface area contributed by atoms with Crippen molar-refractivity contribution in [2.45, 2.75) is 243 Å². The van der Waals surface area contributed by atoms with E-state index in [1.165, 1.54) is 90.1 Å². The molecule has 0 radical (unpaired) electrons. The van der Waals surface area contributed by atoms with E-state index in [0.29, 0.717) is 12.2 Å². The maximum absolute atomic E-state index is 14.7. The number of phenols is 1. The zero-order valence-electron chi connectivity index (χ0n) is 72.3. The molecule has 17 atom stereocenters. The Labute approximate surface area is 735 Å². The molecule has 49 heteroatoms. The number of carbonyl (C=O) groups excluding carboxylic acids is 16. The number of nitrogens with two attached hydrogens (primary N) is 4. The Morgan fingerprint density at radius 1 is 0.528 bits per heavy atom. The predicted octanol–water partition coefficient (Wildman–Crippen LogP) is -7.37. The minimum atomic E-state index is -2.04. The predicted molar refractivity (Wildman–Crippen MR) is 452 cm³/mol. The number of aromatic nitrogens is 2. The zero-order chi connectivity index (χ0) is 95.8. The van der Waals surface area contributed by atoms with Crippen LogP contribution in [0, 0.1) is 23.7 Å². The van der Waals surface area contributed by atoms with E-state index in [4.69, 9.17) is 22.9 Å². The van der Waals surface area contributed by atoms with Gasteiger partial charge in [0.15, 0.2) is 5.96 Å². The third-order valence-electron chi connectivity index (χ3n) is 20.4. The second-order valence-electron chi connectivity index (χ2n) is 31.2. The second kappa shape index (κ2) is 54.1. The first-order valence-electron chi connectivity index (χ1n) is 41.0. The van der Waals surface area contributed by atoms with Crippen molar-refractivity contribution >= 4 is 136 Å². The van der Waals surface area contributed by atoms with E-state index in [1.54, 1.807) is 20.1 Å². The number of carboxylic acid groups (broad SMARTS) is 4. The van der Waals surface area contributed by atoms with E-state index in [0.717, 1.165) is 4.90 Å². The molecule has 1 aromatic carbocycles. The quantitative estimate of drug-likeness (QED) is 0.0166. The van der Waals surface area contributed by atoms with Gasteiger partial charge in [0.1, 0.15) is 90.3 Å². The number of aliphatic hydroxyl groups is 1. The Hall–Kier alpha value is -12.8. The lowest BCUT2D eigenvalue weighted by molar-refractivity contribution is -0.146. The van der Waals surface area contributed by atoms with Gasteiger partial charge in [0.2, 0.25) is 94.5 Å². The number of likely N-dealkylation sites (tertiary alicyclic amines) is 1. The molecule has 16 amide bonds. The third-order valence-corrected chi connectivity index (χ3v) is 21.1. The van der Waals surface area contributed by atoms with Gasteiger partial charge in [-0.1, -0.05) is 80.4 Å². The summed E-state index contributed by atoms with van der Waals surface area (Å²) in [6.45, 7) is 11.5. The molecule has 1 fully saturated rings. The van der Waals surface area contributed by atoms with Crippen molar-refractivity contribution in [1.29, 1.82) is 0 Å². The van der Waals surface area contributed by atoms with Crippen molar-refractivity contribution in [3.8, 4) is 5.75 Å². The number of hydrogen-bond acceptors (Lipinski definition) is 26. The lowest BCUT2D eigenvalue weighted by Gasteiger charge is -2.31. The van der Waals surface area contributed by atoms with Gasteiger partial charge in [-0.3, -0.25) is 96.1 Å². The summed E-state index contributed by atoms with van der Waals surface area (Å²) >= 11 is 1.34. The number of guanidine groups is 1. The third kappa shape index (κ3) is 37.5. The van der Waals surface area contributed by atoms with Crippen LogP contribution in [0.2, 0.25) is 0 Å². The normalized spacial score (nSPS) is 16.1. The van der Waals surface area contributed by atoms with Gasteiger partial charge in [0.25, 0.3) is 0 Å². The van der Waals surface area contributed by atoms with Crippen molar-refractivity contribution < 1.29 is 127 Å². The molecule has 127 heavy (non-hydrogen) atoms. The molecule has 1 aliphatic heterocycles. The van der Waals surface area contributed by atoms with E-state index in [-0.39, 0.29) is 80.5 Å². The smallest absolute Gasteiger partial charge is 0.326 e. The number of H-pyrrole nitrogens is 1. The fraction of sp³-hybridized carbons (Fsp3) is 0.615. The first-order valence-corrected chi connectivity index (χ1v) is 42.4. The molecule has 0 bridgehead atoms. The van der Waals surface area contributed by atoms with Crippen molar-refractivity contribution in [3.05, 3.63) is 48.0 Å². The van der Waals surface area contributed by atoms with Crippen LogP contribution in [-0.2, 0) is 109 Å². The van der Waals surface area contributed by atoms with Crippen LogP contribution in [-0.4, -0.2) is 299 Å². The van der Waals surface area contributed by atoms with Crippen LogP contribution in [0.25, 0.3) is 0 Å². The fourth-order valence-electron chi connectivity index (χ4n) is 12.7. The number of imidazole rings is 1. The molecule has 1 saturated heterocycles. The van der Waals surface area contributed by atoms with Crippen molar-refractivity contribution in [1.82, 2.24) is 89.3 Å². The Balaban J connectivity index is 1.85.